The molecule has 0 spiro atoms. The van der Waals surface area contributed by atoms with Gasteiger partial charge in [0.25, 0.3) is 0 Å². The zero-order valence-electron chi connectivity index (χ0n) is 10.6. The molecule has 3 heteroatoms. The van der Waals surface area contributed by atoms with E-state index in [1.165, 1.54) is 11.1 Å². The number of nitrogens with two attached hydrogens (primary N) is 1. The normalized spacial score (nSPS) is 15.1. The third-order valence-corrected chi connectivity index (χ3v) is 2.94. The van der Waals surface area contributed by atoms with Gasteiger partial charge in [0.1, 0.15) is 0 Å². The molecule has 0 aliphatic carbocycles. The number of nitrogens with zero attached hydrogens (tertiary/aromatic N) is 1. The Balaban J connectivity index is 3.00. The lowest BCUT2D eigenvalue weighted by Gasteiger charge is -2.30. The van der Waals surface area contributed by atoms with Crippen LogP contribution in [0.1, 0.15) is 30.5 Å². The lowest BCUT2D eigenvalue weighted by atomic mass is 9.96. The molecule has 0 aliphatic heterocycles. The summed E-state index contributed by atoms with van der Waals surface area (Å²) in [6.07, 6.45) is 0.923. The first-order valence-corrected chi connectivity index (χ1v) is 5.69. The molecule has 1 aromatic carbocycles. The van der Waals surface area contributed by atoms with Gasteiger partial charge in [-0.1, -0.05) is 36.8 Å². The van der Waals surface area contributed by atoms with Gasteiger partial charge in [0.2, 0.25) is 0 Å². The van der Waals surface area contributed by atoms with Gasteiger partial charge in [0.05, 0.1) is 13.2 Å². The first-order chi connectivity index (χ1) is 7.60. The summed E-state index contributed by atoms with van der Waals surface area (Å²) in [6.45, 7) is 4.18. The Morgan fingerprint density at radius 3 is 2.62 bits per heavy atom. The molecule has 0 amide bonds. The van der Waals surface area contributed by atoms with E-state index in [0.717, 1.165) is 6.42 Å². The van der Waals surface area contributed by atoms with E-state index in [-0.39, 0.29) is 12.1 Å². The third-order valence-electron chi connectivity index (χ3n) is 2.94. The number of likely N-dealkylation sites (N-methyl/N-ethyl adjacent to an activating group) is 1. The summed E-state index contributed by atoms with van der Waals surface area (Å²) < 4.78 is 0. The van der Waals surface area contributed by atoms with Crippen molar-refractivity contribution in [3.63, 3.8) is 0 Å². The van der Waals surface area contributed by atoms with Crippen LogP contribution in [0.5, 0.6) is 0 Å². The fourth-order valence-electron chi connectivity index (χ4n) is 1.92. The monoisotopic (exact) mass is 222 g/mol. The van der Waals surface area contributed by atoms with Crippen molar-refractivity contribution < 1.29 is 4.84 Å². The van der Waals surface area contributed by atoms with Gasteiger partial charge >= 0.3 is 0 Å². The summed E-state index contributed by atoms with van der Waals surface area (Å²) >= 11 is 0. The Labute approximate surface area is 98.2 Å². The van der Waals surface area contributed by atoms with Gasteiger partial charge in [0.15, 0.2) is 0 Å². The van der Waals surface area contributed by atoms with E-state index >= 15 is 0 Å². The molecule has 0 aromatic heterocycles. The molecule has 0 fully saturated rings. The van der Waals surface area contributed by atoms with Crippen molar-refractivity contribution in [2.75, 3.05) is 14.2 Å². The molecule has 2 atom stereocenters. The number of hydrogen-bond acceptors (Lipinski definition) is 3. The molecule has 1 aromatic rings. The second-order valence-electron chi connectivity index (χ2n) is 4.16. The van der Waals surface area contributed by atoms with Crippen molar-refractivity contribution in [2.45, 2.75) is 32.4 Å². The molecule has 0 saturated heterocycles. The summed E-state index contributed by atoms with van der Waals surface area (Å²) in [5.74, 6) is 0. The first-order valence-electron chi connectivity index (χ1n) is 5.69. The van der Waals surface area contributed by atoms with Crippen LogP contribution in [0, 0.1) is 6.92 Å². The largest absolute Gasteiger partial charge is 0.326 e. The Hall–Kier alpha value is -0.900. The Kier molecular flexibility index (Phi) is 4.93. The van der Waals surface area contributed by atoms with Gasteiger partial charge in [-0.3, -0.25) is 0 Å². The van der Waals surface area contributed by atoms with Gasteiger partial charge in [-0.25, -0.2) is 0 Å². The predicted octanol–water partition coefficient (Wildman–Crippen LogP) is 2.27. The maximum absolute atomic E-state index is 6.15. The van der Waals surface area contributed by atoms with Crippen molar-refractivity contribution in [2.24, 2.45) is 5.73 Å². The molecule has 3 nitrogen and oxygen atoms in total. The van der Waals surface area contributed by atoms with Gasteiger partial charge in [-0.05, 0) is 18.9 Å². The maximum Gasteiger partial charge on any atom is 0.0749 e. The second-order valence-corrected chi connectivity index (χ2v) is 4.16. The standard InChI is InChI=1S/C13H22N2O/c1-5-12(14)13(15(3)16-4)11-8-6-7-10(2)9-11/h6-9,12-13H,5,14H2,1-4H3. The molecule has 2 N–H and O–H groups in total. The van der Waals surface area contributed by atoms with E-state index in [1.807, 2.05) is 12.1 Å². The van der Waals surface area contributed by atoms with Gasteiger partial charge < -0.3 is 10.6 Å². The summed E-state index contributed by atoms with van der Waals surface area (Å²) in [5.41, 5.74) is 8.61. The number of rotatable bonds is 5. The van der Waals surface area contributed by atoms with E-state index in [0.29, 0.717) is 0 Å². The molecular weight excluding hydrogens is 200 g/mol. The molecule has 1 rings (SSSR count). The average Bonchev–Trinajstić information content (AvgIpc) is 2.29. The number of hydroxylamine groups is 2. The predicted molar refractivity (Wildman–Crippen MR) is 67.0 cm³/mol. The lowest BCUT2D eigenvalue weighted by Crippen LogP contribution is -2.38. The number of aryl methyl sites for hydroxylation is 1. The minimum absolute atomic E-state index is 0.0757. The van der Waals surface area contributed by atoms with Crippen molar-refractivity contribution in [3.8, 4) is 0 Å². The van der Waals surface area contributed by atoms with E-state index < -0.39 is 0 Å². The third kappa shape index (κ3) is 3.04. The van der Waals surface area contributed by atoms with Crippen LogP contribution in [-0.4, -0.2) is 25.3 Å². The Bertz CT molecular complexity index is 317. The topological polar surface area (TPSA) is 38.5 Å². The molecule has 0 bridgehead atoms. The van der Waals surface area contributed by atoms with E-state index in [4.69, 9.17) is 10.6 Å². The van der Waals surface area contributed by atoms with E-state index in [9.17, 15) is 0 Å². The molecule has 2 unspecified atom stereocenters. The van der Waals surface area contributed by atoms with Crippen molar-refractivity contribution in [1.82, 2.24) is 5.06 Å². The number of benzene rings is 1. The molecule has 0 heterocycles. The average molecular weight is 222 g/mol. The second kappa shape index (κ2) is 5.99. The van der Waals surface area contributed by atoms with E-state index in [1.54, 1.807) is 7.11 Å². The minimum atomic E-state index is 0.0757. The fraction of sp³-hybridized carbons (Fsp3) is 0.538. The molecule has 16 heavy (non-hydrogen) atoms. The smallest absolute Gasteiger partial charge is 0.0749 e. The Morgan fingerprint density at radius 1 is 1.44 bits per heavy atom. The SMILES string of the molecule is CCC(N)C(c1cccc(C)c1)N(C)OC. The van der Waals surface area contributed by atoms with Crippen LogP contribution >= 0.6 is 0 Å². The van der Waals surface area contributed by atoms with E-state index in [2.05, 4.69) is 38.1 Å². The molecular formula is C13H22N2O. The van der Waals surface area contributed by atoms with Crippen molar-refractivity contribution >= 4 is 0 Å². The highest BCUT2D eigenvalue weighted by molar-refractivity contribution is 5.26. The van der Waals surface area contributed by atoms with Crippen LogP contribution < -0.4 is 5.73 Å². The molecule has 0 radical (unpaired) electrons. The van der Waals surface area contributed by atoms with Crippen LogP contribution in [-0.2, 0) is 4.84 Å². The summed E-state index contributed by atoms with van der Waals surface area (Å²) in [5, 5.41) is 1.82. The van der Waals surface area contributed by atoms with Gasteiger partial charge in [-0.2, -0.15) is 5.06 Å². The summed E-state index contributed by atoms with van der Waals surface area (Å²) in [4.78, 5) is 5.28. The van der Waals surface area contributed by atoms with Crippen molar-refractivity contribution in [1.29, 1.82) is 0 Å². The van der Waals surface area contributed by atoms with Gasteiger partial charge in [0, 0.05) is 13.1 Å². The summed E-state index contributed by atoms with van der Waals surface area (Å²) in [7, 11) is 3.59. The minimum Gasteiger partial charge on any atom is -0.326 e. The molecule has 0 saturated carbocycles. The molecule has 0 aliphatic rings. The molecule has 90 valence electrons. The van der Waals surface area contributed by atoms with Gasteiger partial charge in [-0.15, -0.1) is 0 Å². The lowest BCUT2D eigenvalue weighted by molar-refractivity contribution is -0.148. The highest BCUT2D eigenvalue weighted by Gasteiger charge is 2.23. The van der Waals surface area contributed by atoms with Crippen LogP contribution in [0.2, 0.25) is 0 Å². The maximum atomic E-state index is 6.15. The van der Waals surface area contributed by atoms with Crippen LogP contribution in [0.15, 0.2) is 24.3 Å². The highest BCUT2D eigenvalue weighted by Crippen LogP contribution is 2.24. The van der Waals surface area contributed by atoms with Crippen molar-refractivity contribution in [3.05, 3.63) is 35.4 Å². The highest BCUT2D eigenvalue weighted by atomic mass is 16.7. The zero-order chi connectivity index (χ0) is 12.1. The summed E-state index contributed by atoms with van der Waals surface area (Å²) in [6, 6.07) is 8.59. The number of hydrogen-bond donors (Lipinski definition) is 1. The fourth-order valence-corrected chi connectivity index (χ4v) is 1.92. The Morgan fingerprint density at radius 2 is 2.12 bits per heavy atom. The zero-order valence-corrected chi connectivity index (χ0v) is 10.6. The van der Waals surface area contributed by atoms with Crippen LogP contribution in [0.4, 0.5) is 0 Å². The van der Waals surface area contributed by atoms with Crippen LogP contribution in [0.25, 0.3) is 0 Å². The van der Waals surface area contributed by atoms with Crippen LogP contribution in [0.3, 0.4) is 0 Å². The quantitative estimate of drug-likeness (QED) is 0.777. The first kappa shape index (κ1) is 13.2.